The van der Waals surface area contributed by atoms with Crippen molar-refractivity contribution < 1.29 is 5.11 Å². The normalized spacial score (nSPS) is 23.3. The molecule has 1 saturated carbocycles. The average Bonchev–Trinajstić information content (AvgIpc) is 2.65. The molecule has 18 heavy (non-hydrogen) atoms. The molecule has 1 aliphatic carbocycles. The van der Waals surface area contributed by atoms with Gasteiger partial charge in [0.25, 0.3) is 0 Å². The number of thiophene rings is 1. The Balaban J connectivity index is 2.34. The summed E-state index contributed by atoms with van der Waals surface area (Å²) in [5.41, 5.74) is 5.16. The molecule has 0 spiro atoms. The van der Waals surface area contributed by atoms with Crippen LogP contribution in [0.1, 0.15) is 55.2 Å². The van der Waals surface area contributed by atoms with Crippen LogP contribution in [-0.2, 0) is 5.60 Å². The minimum Gasteiger partial charge on any atom is -0.384 e. The predicted octanol–water partition coefficient (Wildman–Crippen LogP) is 3.56. The SMILES string of the molecule is Cc1ccc(C(C)(O)C2(CN)CCCCCC2)s1. The Hall–Kier alpha value is -0.380. The molecule has 3 heteroatoms. The number of aryl methyl sites for hydroxylation is 1. The molecule has 0 aromatic carbocycles. The number of hydrogen-bond acceptors (Lipinski definition) is 3. The van der Waals surface area contributed by atoms with Crippen LogP contribution < -0.4 is 5.73 Å². The fourth-order valence-corrected chi connectivity index (χ4v) is 4.29. The highest BCUT2D eigenvalue weighted by atomic mass is 32.1. The Kier molecular flexibility index (Phi) is 4.15. The third kappa shape index (κ3) is 2.36. The minimum atomic E-state index is -0.787. The maximum Gasteiger partial charge on any atom is 0.103 e. The van der Waals surface area contributed by atoms with E-state index in [1.54, 1.807) is 11.3 Å². The van der Waals surface area contributed by atoms with E-state index in [1.165, 1.54) is 30.6 Å². The second-order valence-electron chi connectivity index (χ2n) is 5.88. The molecular weight excluding hydrogens is 242 g/mol. The van der Waals surface area contributed by atoms with Gasteiger partial charge in [0, 0.05) is 21.7 Å². The monoisotopic (exact) mass is 267 g/mol. The summed E-state index contributed by atoms with van der Waals surface area (Å²) >= 11 is 1.70. The Morgan fingerprint density at radius 1 is 1.28 bits per heavy atom. The second-order valence-corrected chi connectivity index (χ2v) is 7.17. The largest absolute Gasteiger partial charge is 0.384 e. The lowest BCUT2D eigenvalue weighted by Gasteiger charge is -2.44. The van der Waals surface area contributed by atoms with Crippen molar-refractivity contribution in [3.63, 3.8) is 0 Å². The number of nitrogens with two attached hydrogens (primary N) is 1. The maximum absolute atomic E-state index is 11.1. The van der Waals surface area contributed by atoms with Crippen molar-refractivity contribution in [3.05, 3.63) is 21.9 Å². The molecule has 0 radical (unpaired) electrons. The van der Waals surface area contributed by atoms with E-state index in [4.69, 9.17) is 5.73 Å². The number of hydrogen-bond donors (Lipinski definition) is 2. The number of aliphatic hydroxyl groups is 1. The van der Waals surface area contributed by atoms with E-state index >= 15 is 0 Å². The van der Waals surface area contributed by atoms with E-state index in [0.717, 1.165) is 17.7 Å². The van der Waals surface area contributed by atoms with Crippen molar-refractivity contribution in [2.24, 2.45) is 11.1 Å². The van der Waals surface area contributed by atoms with Crippen molar-refractivity contribution in [1.82, 2.24) is 0 Å². The zero-order chi connectivity index (χ0) is 13.2. The Labute approximate surface area is 114 Å². The molecule has 1 unspecified atom stereocenters. The molecule has 2 rings (SSSR count). The summed E-state index contributed by atoms with van der Waals surface area (Å²) in [5.74, 6) is 0. The Bertz CT molecular complexity index is 389. The Morgan fingerprint density at radius 2 is 1.89 bits per heavy atom. The van der Waals surface area contributed by atoms with Crippen molar-refractivity contribution in [2.75, 3.05) is 6.54 Å². The molecule has 1 aromatic rings. The molecule has 1 fully saturated rings. The molecule has 1 aromatic heterocycles. The van der Waals surface area contributed by atoms with E-state index in [9.17, 15) is 5.11 Å². The van der Waals surface area contributed by atoms with E-state index < -0.39 is 5.60 Å². The van der Waals surface area contributed by atoms with Gasteiger partial charge in [-0.15, -0.1) is 11.3 Å². The predicted molar refractivity (Wildman–Crippen MR) is 77.8 cm³/mol. The molecule has 1 heterocycles. The minimum absolute atomic E-state index is 0.138. The summed E-state index contributed by atoms with van der Waals surface area (Å²) in [4.78, 5) is 2.33. The zero-order valence-electron chi connectivity index (χ0n) is 11.5. The molecule has 0 saturated heterocycles. The van der Waals surface area contributed by atoms with Crippen molar-refractivity contribution in [3.8, 4) is 0 Å². The van der Waals surface area contributed by atoms with Gasteiger partial charge in [-0.25, -0.2) is 0 Å². The van der Waals surface area contributed by atoms with E-state index in [1.807, 2.05) is 6.92 Å². The fourth-order valence-electron chi connectivity index (χ4n) is 3.25. The first kappa shape index (κ1) is 14.0. The summed E-state index contributed by atoms with van der Waals surface area (Å²) in [7, 11) is 0. The highest BCUT2D eigenvalue weighted by Crippen LogP contribution is 2.49. The summed E-state index contributed by atoms with van der Waals surface area (Å²) in [6.07, 6.45) is 7.04. The third-order valence-corrected chi connectivity index (χ3v) is 5.92. The molecule has 0 bridgehead atoms. The van der Waals surface area contributed by atoms with Gasteiger partial charge < -0.3 is 10.8 Å². The van der Waals surface area contributed by atoms with Crippen LogP contribution in [0.2, 0.25) is 0 Å². The van der Waals surface area contributed by atoms with Crippen LogP contribution in [0.4, 0.5) is 0 Å². The summed E-state index contributed by atoms with van der Waals surface area (Å²) < 4.78 is 0. The number of rotatable bonds is 3. The van der Waals surface area contributed by atoms with Crippen molar-refractivity contribution >= 4 is 11.3 Å². The highest BCUT2D eigenvalue weighted by molar-refractivity contribution is 7.12. The lowest BCUT2D eigenvalue weighted by atomic mass is 9.67. The van der Waals surface area contributed by atoms with Gasteiger partial charge in [-0.05, 0) is 38.8 Å². The fraction of sp³-hybridized carbons (Fsp3) is 0.733. The first-order valence-corrected chi connectivity index (χ1v) is 7.83. The van der Waals surface area contributed by atoms with Crippen LogP contribution in [0, 0.1) is 12.3 Å². The topological polar surface area (TPSA) is 46.2 Å². The van der Waals surface area contributed by atoms with Gasteiger partial charge in [0.05, 0.1) is 0 Å². The van der Waals surface area contributed by atoms with Gasteiger partial charge >= 0.3 is 0 Å². The summed E-state index contributed by atoms with van der Waals surface area (Å²) in [6.45, 7) is 4.64. The van der Waals surface area contributed by atoms with Crippen LogP contribution in [0.25, 0.3) is 0 Å². The zero-order valence-corrected chi connectivity index (χ0v) is 12.4. The van der Waals surface area contributed by atoms with Gasteiger partial charge in [0.15, 0.2) is 0 Å². The van der Waals surface area contributed by atoms with Gasteiger partial charge in [-0.2, -0.15) is 0 Å². The highest BCUT2D eigenvalue weighted by Gasteiger charge is 2.47. The van der Waals surface area contributed by atoms with Crippen LogP contribution in [0.5, 0.6) is 0 Å². The lowest BCUT2D eigenvalue weighted by molar-refractivity contribution is -0.0785. The van der Waals surface area contributed by atoms with E-state index in [-0.39, 0.29) is 5.41 Å². The summed E-state index contributed by atoms with van der Waals surface area (Å²) in [5, 5.41) is 11.1. The first-order chi connectivity index (χ1) is 8.52. The van der Waals surface area contributed by atoms with Gasteiger partial charge in [0.2, 0.25) is 0 Å². The first-order valence-electron chi connectivity index (χ1n) is 7.01. The Morgan fingerprint density at radius 3 is 2.33 bits per heavy atom. The van der Waals surface area contributed by atoms with Crippen LogP contribution >= 0.6 is 11.3 Å². The molecule has 0 aliphatic heterocycles. The molecule has 102 valence electrons. The second kappa shape index (κ2) is 5.32. The average molecular weight is 267 g/mol. The summed E-state index contributed by atoms with van der Waals surface area (Å²) in [6, 6.07) is 4.16. The molecule has 0 amide bonds. The van der Waals surface area contributed by atoms with E-state index in [2.05, 4.69) is 19.1 Å². The molecule has 2 nitrogen and oxygen atoms in total. The molecule has 1 aliphatic rings. The maximum atomic E-state index is 11.1. The molecular formula is C15H25NOS. The van der Waals surface area contributed by atoms with Gasteiger partial charge in [-0.1, -0.05) is 25.7 Å². The smallest absolute Gasteiger partial charge is 0.103 e. The quantitative estimate of drug-likeness (QED) is 0.823. The van der Waals surface area contributed by atoms with Crippen molar-refractivity contribution in [1.29, 1.82) is 0 Å². The van der Waals surface area contributed by atoms with Crippen LogP contribution in [0.15, 0.2) is 12.1 Å². The van der Waals surface area contributed by atoms with Crippen LogP contribution in [0.3, 0.4) is 0 Å². The molecule has 3 N–H and O–H groups in total. The standard InChI is InChI=1S/C15H25NOS/c1-12-7-8-13(18-12)14(2,17)15(11-16)9-5-3-4-6-10-15/h7-8,17H,3-6,9-11,16H2,1-2H3. The van der Waals surface area contributed by atoms with Crippen molar-refractivity contribution in [2.45, 2.75) is 58.0 Å². The third-order valence-electron chi connectivity index (χ3n) is 4.70. The van der Waals surface area contributed by atoms with Gasteiger partial charge in [-0.3, -0.25) is 0 Å². The van der Waals surface area contributed by atoms with E-state index in [0.29, 0.717) is 6.54 Å². The van der Waals surface area contributed by atoms with Crippen LogP contribution in [-0.4, -0.2) is 11.7 Å². The molecule has 1 atom stereocenters. The van der Waals surface area contributed by atoms with Gasteiger partial charge in [0.1, 0.15) is 5.60 Å². The lowest BCUT2D eigenvalue weighted by Crippen LogP contribution is -2.48.